The molecule has 1 amide bonds. The van der Waals surface area contributed by atoms with Gasteiger partial charge in [-0.15, -0.1) is 0 Å². The first kappa shape index (κ1) is 23.0. The molecule has 0 aromatic heterocycles. The maximum Gasteiger partial charge on any atom is 0.335 e. The number of hydrogen-bond donors (Lipinski definition) is 3. The second-order valence-electron chi connectivity index (χ2n) is 7.88. The molecule has 0 saturated heterocycles. The molecule has 0 radical (unpaired) electrons. The zero-order valence-corrected chi connectivity index (χ0v) is 19.4. The van der Waals surface area contributed by atoms with Gasteiger partial charge in [0.15, 0.2) is 5.71 Å². The lowest BCUT2D eigenvalue weighted by Crippen LogP contribution is -2.28. The molecule has 9 heteroatoms. The Hall–Kier alpha value is -4.17. The largest absolute Gasteiger partial charge is 0.505 e. The number of phenols is 1. The van der Waals surface area contributed by atoms with Gasteiger partial charge in [-0.25, -0.2) is 4.79 Å². The number of aryl methyl sites for hydroxylation is 2. The molecule has 3 aromatic rings. The van der Waals surface area contributed by atoms with Crippen molar-refractivity contribution in [3.63, 3.8) is 0 Å². The van der Waals surface area contributed by atoms with E-state index in [0.717, 1.165) is 11.1 Å². The minimum atomic E-state index is -1.09. The van der Waals surface area contributed by atoms with E-state index in [1.807, 2.05) is 32.0 Å². The number of aromatic hydroxyl groups is 1. The highest BCUT2D eigenvalue weighted by atomic mass is 35.5. The summed E-state index contributed by atoms with van der Waals surface area (Å²) in [4.78, 5) is 24.3. The standard InChI is InChI=1S/C25H21ClN4O4/c1-13-7-8-19(9-14(13)2)30-24(32)22(15(3)29-30)28-27-21-12-18(26)11-20(23(21)31)16-5-4-6-17(10-16)25(33)34/h4-12,27,31H,1-3H3,(H,33,34)/b28-22-. The highest BCUT2D eigenvalue weighted by molar-refractivity contribution is 6.71. The van der Waals surface area contributed by atoms with Crippen LogP contribution in [0.5, 0.6) is 5.75 Å². The van der Waals surface area contributed by atoms with Crippen LogP contribution in [0, 0.1) is 13.8 Å². The molecule has 8 nitrogen and oxygen atoms in total. The van der Waals surface area contributed by atoms with Crippen molar-refractivity contribution < 1.29 is 19.8 Å². The van der Waals surface area contributed by atoms with Gasteiger partial charge in [0.25, 0.3) is 0 Å². The Morgan fingerprint density at radius 3 is 2.53 bits per heavy atom. The van der Waals surface area contributed by atoms with Gasteiger partial charge in [0, 0.05) is 10.6 Å². The number of nitrogens with one attached hydrogen (secondary N) is 1. The quantitative estimate of drug-likeness (QED) is 0.345. The predicted molar refractivity (Wildman–Crippen MR) is 133 cm³/mol. The summed E-state index contributed by atoms with van der Waals surface area (Å²) in [6.45, 7) is 5.61. The highest BCUT2D eigenvalue weighted by Gasteiger charge is 2.31. The van der Waals surface area contributed by atoms with Gasteiger partial charge in [-0.2, -0.15) is 15.2 Å². The fourth-order valence-corrected chi connectivity index (χ4v) is 3.72. The minimum absolute atomic E-state index is 0.0708. The summed E-state index contributed by atoms with van der Waals surface area (Å²) >= 11 is 6.24. The monoisotopic (exact) mass is 476 g/mol. The topological polar surface area (TPSA) is 115 Å². The molecule has 0 fully saturated rings. The van der Waals surface area contributed by atoms with Gasteiger partial charge in [-0.1, -0.05) is 29.8 Å². The van der Waals surface area contributed by atoms with Gasteiger partial charge in [-0.05, 0) is 73.9 Å². The molecule has 0 spiro atoms. The molecule has 0 atom stereocenters. The number of aromatic carboxylic acids is 1. The molecule has 0 unspecified atom stereocenters. The Labute approximate surface area is 200 Å². The van der Waals surface area contributed by atoms with E-state index in [4.69, 9.17) is 11.6 Å². The summed E-state index contributed by atoms with van der Waals surface area (Å²) in [5.74, 6) is -1.69. The SMILES string of the molecule is CC1=NN(c2ccc(C)c(C)c2)C(=O)/C1=N\Nc1cc(Cl)cc(-c2cccc(C(=O)O)c2)c1O. The maximum atomic E-state index is 13.0. The number of anilines is 2. The van der Waals surface area contributed by atoms with Crippen molar-refractivity contribution in [1.29, 1.82) is 0 Å². The Morgan fingerprint density at radius 1 is 1.06 bits per heavy atom. The third-order valence-corrected chi connectivity index (χ3v) is 5.72. The first-order valence-electron chi connectivity index (χ1n) is 10.3. The number of hydrazone groups is 2. The zero-order valence-electron chi connectivity index (χ0n) is 18.6. The Balaban J connectivity index is 1.65. The van der Waals surface area contributed by atoms with Crippen LogP contribution in [0.3, 0.4) is 0 Å². The number of phenolic OH excluding ortho intramolecular Hbond substituents is 1. The van der Waals surface area contributed by atoms with Crippen LogP contribution in [0.4, 0.5) is 11.4 Å². The van der Waals surface area contributed by atoms with Crippen LogP contribution >= 0.6 is 11.6 Å². The fraction of sp³-hybridized carbons (Fsp3) is 0.120. The lowest BCUT2D eigenvalue weighted by molar-refractivity contribution is -0.112. The van der Waals surface area contributed by atoms with E-state index < -0.39 is 11.9 Å². The average molecular weight is 477 g/mol. The van der Waals surface area contributed by atoms with Crippen LogP contribution in [0.2, 0.25) is 5.02 Å². The van der Waals surface area contributed by atoms with Crippen LogP contribution in [-0.4, -0.2) is 33.5 Å². The van der Waals surface area contributed by atoms with Crippen LogP contribution in [0.15, 0.2) is 64.8 Å². The van der Waals surface area contributed by atoms with Crippen LogP contribution in [-0.2, 0) is 4.79 Å². The number of carboxylic acids is 1. The summed E-state index contributed by atoms with van der Waals surface area (Å²) in [5, 5.41) is 30.2. The van der Waals surface area contributed by atoms with E-state index in [9.17, 15) is 19.8 Å². The van der Waals surface area contributed by atoms with E-state index >= 15 is 0 Å². The molecule has 34 heavy (non-hydrogen) atoms. The van der Waals surface area contributed by atoms with Crippen molar-refractivity contribution in [2.75, 3.05) is 10.4 Å². The van der Waals surface area contributed by atoms with E-state index in [2.05, 4.69) is 15.6 Å². The van der Waals surface area contributed by atoms with Crippen molar-refractivity contribution >= 4 is 46.3 Å². The Morgan fingerprint density at radius 2 is 1.82 bits per heavy atom. The van der Waals surface area contributed by atoms with Gasteiger partial charge in [0.1, 0.15) is 11.4 Å². The number of carboxylic acid groups (broad SMARTS) is 1. The Bertz CT molecular complexity index is 1400. The smallest absolute Gasteiger partial charge is 0.335 e. The van der Waals surface area contributed by atoms with Crippen LogP contribution in [0.1, 0.15) is 28.4 Å². The van der Waals surface area contributed by atoms with Gasteiger partial charge in [-0.3, -0.25) is 10.2 Å². The lowest BCUT2D eigenvalue weighted by Gasteiger charge is -2.13. The van der Waals surface area contributed by atoms with Gasteiger partial charge >= 0.3 is 11.9 Å². The van der Waals surface area contributed by atoms with E-state index in [1.165, 1.54) is 29.3 Å². The number of halogens is 1. The molecule has 1 heterocycles. The molecule has 3 N–H and O–H groups in total. The van der Waals surface area contributed by atoms with Gasteiger partial charge < -0.3 is 10.2 Å². The predicted octanol–water partition coefficient (Wildman–Crippen LogP) is 5.22. The summed E-state index contributed by atoms with van der Waals surface area (Å²) in [7, 11) is 0. The second-order valence-corrected chi connectivity index (χ2v) is 8.32. The normalized spacial score (nSPS) is 14.5. The molecule has 172 valence electrons. The summed E-state index contributed by atoms with van der Waals surface area (Å²) in [5.41, 5.74) is 6.98. The van der Waals surface area contributed by atoms with Crippen molar-refractivity contribution in [2.24, 2.45) is 10.2 Å². The number of hydrogen-bond acceptors (Lipinski definition) is 6. The number of amides is 1. The second kappa shape index (κ2) is 8.99. The third-order valence-electron chi connectivity index (χ3n) is 5.51. The number of rotatable bonds is 5. The number of benzene rings is 3. The molecular weight excluding hydrogens is 456 g/mol. The highest BCUT2D eigenvalue weighted by Crippen LogP contribution is 2.39. The van der Waals surface area contributed by atoms with Crippen molar-refractivity contribution in [3.05, 3.63) is 76.3 Å². The maximum absolute atomic E-state index is 13.0. The molecule has 0 bridgehead atoms. The van der Waals surface area contributed by atoms with Crippen LogP contribution < -0.4 is 10.4 Å². The van der Waals surface area contributed by atoms with E-state index in [-0.39, 0.29) is 27.7 Å². The fourth-order valence-electron chi connectivity index (χ4n) is 3.50. The molecule has 3 aromatic carbocycles. The van der Waals surface area contributed by atoms with E-state index in [1.54, 1.807) is 19.1 Å². The molecular formula is C25H21ClN4O4. The molecule has 1 aliphatic rings. The molecule has 1 aliphatic heterocycles. The molecule has 0 aliphatic carbocycles. The summed E-state index contributed by atoms with van der Waals surface area (Å²) in [6.07, 6.45) is 0. The van der Waals surface area contributed by atoms with Gasteiger partial charge in [0.05, 0.1) is 17.0 Å². The molecule has 0 saturated carbocycles. The first-order valence-corrected chi connectivity index (χ1v) is 10.7. The van der Waals surface area contributed by atoms with Crippen molar-refractivity contribution in [1.82, 2.24) is 0 Å². The Kier molecular flexibility index (Phi) is 6.08. The van der Waals surface area contributed by atoms with Crippen LogP contribution in [0.25, 0.3) is 11.1 Å². The van der Waals surface area contributed by atoms with Crippen molar-refractivity contribution in [2.45, 2.75) is 20.8 Å². The zero-order chi connectivity index (χ0) is 24.6. The average Bonchev–Trinajstić information content (AvgIpc) is 3.09. The minimum Gasteiger partial charge on any atom is -0.505 e. The van der Waals surface area contributed by atoms with E-state index in [0.29, 0.717) is 22.5 Å². The van der Waals surface area contributed by atoms with Crippen molar-refractivity contribution in [3.8, 4) is 16.9 Å². The molecule has 4 rings (SSSR count). The summed E-state index contributed by atoms with van der Waals surface area (Å²) in [6, 6.07) is 14.7. The number of carbonyl (C=O) groups is 2. The van der Waals surface area contributed by atoms with Gasteiger partial charge in [0.2, 0.25) is 0 Å². The third kappa shape index (κ3) is 4.35. The number of nitrogens with zero attached hydrogens (tertiary/aromatic N) is 3. The lowest BCUT2D eigenvalue weighted by atomic mass is 10.0. The number of carbonyl (C=O) groups excluding carboxylic acids is 1. The summed E-state index contributed by atoms with van der Waals surface area (Å²) < 4.78 is 0. The first-order chi connectivity index (χ1) is 16.2.